The fraction of sp³-hybridized carbons (Fsp3) is 0.261. The van der Waals surface area contributed by atoms with E-state index in [1.165, 1.54) is 5.56 Å². The van der Waals surface area contributed by atoms with E-state index in [4.69, 9.17) is 39.8 Å². The van der Waals surface area contributed by atoms with Gasteiger partial charge in [-0.05, 0) is 35.6 Å². The van der Waals surface area contributed by atoms with Gasteiger partial charge < -0.3 is 4.98 Å². The molecule has 0 saturated carbocycles. The Labute approximate surface area is 195 Å². The van der Waals surface area contributed by atoms with Crippen LogP contribution in [0.2, 0.25) is 15.1 Å². The average Bonchev–Trinajstić information content (AvgIpc) is 3.08. The zero-order chi connectivity index (χ0) is 22.3. The number of halogens is 3. The van der Waals surface area contributed by atoms with Crippen molar-refractivity contribution in [2.45, 2.75) is 39.5 Å². The lowest BCUT2D eigenvalue weighted by molar-refractivity contribution is 0.776. The van der Waals surface area contributed by atoms with E-state index in [9.17, 15) is 4.79 Å². The van der Waals surface area contributed by atoms with Crippen molar-refractivity contribution in [2.75, 3.05) is 0 Å². The molecule has 0 unspecified atom stereocenters. The number of nitrogens with one attached hydrogen (secondary N) is 1. The second-order valence-electron chi connectivity index (χ2n) is 7.73. The number of nitrogens with zero attached hydrogens (tertiary/aromatic N) is 3. The molecule has 0 saturated heterocycles. The van der Waals surface area contributed by atoms with E-state index >= 15 is 0 Å². The number of benzene rings is 2. The summed E-state index contributed by atoms with van der Waals surface area (Å²) < 4.78 is 1.55. The van der Waals surface area contributed by atoms with Crippen molar-refractivity contribution in [1.82, 2.24) is 19.7 Å². The summed E-state index contributed by atoms with van der Waals surface area (Å²) >= 11 is 19.0. The van der Waals surface area contributed by atoms with E-state index in [1.54, 1.807) is 16.8 Å². The van der Waals surface area contributed by atoms with Crippen LogP contribution in [-0.4, -0.2) is 19.7 Å². The summed E-state index contributed by atoms with van der Waals surface area (Å²) in [6.07, 6.45) is 1.46. The molecule has 0 aliphatic carbocycles. The molecule has 0 fully saturated rings. The molecular weight excluding hydrogens is 455 g/mol. The quantitative estimate of drug-likeness (QED) is 0.366. The van der Waals surface area contributed by atoms with Crippen molar-refractivity contribution in [3.63, 3.8) is 0 Å². The number of rotatable bonds is 5. The lowest BCUT2D eigenvalue weighted by Crippen LogP contribution is -2.14. The van der Waals surface area contributed by atoms with Gasteiger partial charge in [0.25, 0.3) is 5.56 Å². The van der Waals surface area contributed by atoms with Crippen LogP contribution in [0, 0.1) is 0 Å². The average molecular weight is 476 g/mol. The number of aromatic nitrogens is 4. The smallest absolute Gasteiger partial charge is 0.262 e. The molecule has 0 aliphatic heterocycles. The van der Waals surface area contributed by atoms with Crippen molar-refractivity contribution < 1.29 is 0 Å². The zero-order valence-corrected chi connectivity index (χ0v) is 19.6. The minimum Gasteiger partial charge on any atom is -0.310 e. The summed E-state index contributed by atoms with van der Waals surface area (Å²) in [5.41, 5.74) is 3.57. The SMILES string of the molecule is CCc1ccc(Cc2nc3c(c(C(C)C)nn3-c3c(Cl)cc(Cl)cc3Cl)c(=O)[nH]2)cc1. The molecule has 2 heterocycles. The summed E-state index contributed by atoms with van der Waals surface area (Å²) in [7, 11) is 0. The molecule has 0 amide bonds. The molecule has 4 aromatic rings. The molecule has 8 heteroatoms. The third-order valence-corrected chi connectivity index (χ3v) is 5.95. The Bertz CT molecular complexity index is 1300. The molecule has 5 nitrogen and oxygen atoms in total. The van der Waals surface area contributed by atoms with Crippen LogP contribution in [0.5, 0.6) is 0 Å². The maximum atomic E-state index is 13.0. The number of aryl methyl sites for hydroxylation is 1. The van der Waals surface area contributed by atoms with Gasteiger partial charge in [-0.3, -0.25) is 4.79 Å². The van der Waals surface area contributed by atoms with Crippen molar-refractivity contribution >= 4 is 45.8 Å². The summed E-state index contributed by atoms with van der Waals surface area (Å²) in [4.78, 5) is 20.7. The highest BCUT2D eigenvalue weighted by molar-refractivity contribution is 6.40. The zero-order valence-electron chi connectivity index (χ0n) is 17.3. The highest BCUT2D eigenvalue weighted by Crippen LogP contribution is 2.34. The van der Waals surface area contributed by atoms with Crippen molar-refractivity contribution in [3.05, 3.63) is 84.5 Å². The van der Waals surface area contributed by atoms with E-state index in [1.807, 2.05) is 26.0 Å². The fourth-order valence-electron chi connectivity index (χ4n) is 3.56. The first-order chi connectivity index (χ1) is 14.8. The van der Waals surface area contributed by atoms with Crippen LogP contribution in [0.25, 0.3) is 16.7 Å². The lowest BCUT2D eigenvalue weighted by Gasteiger charge is -2.09. The van der Waals surface area contributed by atoms with Crippen LogP contribution in [0.1, 0.15) is 49.3 Å². The largest absolute Gasteiger partial charge is 0.310 e. The van der Waals surface area contributed by atoms with Crippen molar-refractivity contribution in [1.29, 1.82) is 0 Å². The van der Waals surface area contributed by atoms with E-state index in [-0.39, 0.29) is 11.5 Å². The molecule has 0 atom stereocenters. The molecule has 0 spiro atoms. The first-order valence-corrected chi connectivity index (χ1v) is 11.2. The second kappa shape index (κ2) is 8.65. The van der Waals surface area contributed by atoms with Crippen LogP contribution in [0.3, 0.4) is 0 Å². The van der Waals surface area contributed by atoms with Crippen molar-refractivity contribution in [3.8, 4) is 5.69 Å². The number of H-pyrrole nitrogens is 1. The number of hydrogen-bond acceptors (Lipinski definition) is 3. The summed E-state index contributed by atoms with van der Waals surface area (Å²) in [6, 6.07) is 11.5. The third-order valence-electron chi connectivity index (χ3n) is 5.16. The first kappa shape index (κ1) is 21.9. The summed E-state index contributed by atoms with van der Waals surface area (Å²) in [5.74, 6) is 0.545. The minimum atomic E-state index is -0.235. The minimum absolute atomic E-state index is 0.00365. The molecule has 1 N–H and O–H groups in total. The van der Waals surface area contributed by atoms with Gasteiger partial charge >= 0.3 is 0 Å². The summed E-state index contributed by atoms with van der Waals surface area (Å²) in [6.45, 7) is 6.06. The predicted octanol–water partition coefficient (Wildman–Crippen LogP) is 6.35. The molecule has 31 heavy (non-hydrogen) atoms. The highest BCUT2D eigenvalue weighted by atomic mass is 35.5. The maximum absolute atomic E-state index is 13.0. The number of fused-ring (bicyclic) bond motifs is 1. The van der Waals surface area contributed by atoms with Gasteiger partial charge in [0, 0.05) is 11.4 Å². The second-order valence-corrected chi connectivity index (χ2v) is 8.98. The monoisotopic (exact) mass is 474 g/mol. The van der Waals surface area contributed by atoms with E-state index in [0.717, 1.165) is 12.0 Å². The van der Waals surface area contributed by atoms with Crippen LogP contribution < -0.4 is 5.56 Å². The molecule has 4 rings (SSSR count). The first-order valence-electron chi connectivity index (χ1n) is 10.0. The number of hydrogen-bond donors (Lipinski definition) is 1. The van der Waals surface area contributed by atoms with Gasteiger partial charge in [0.15, 0.2) is 5.65 Å². The predicted molar refractivity (Wildman–Crippen MR) is 127 cm³/mol. The van der Waals surface area contributed by atoms with Gasteiger partial charge in [-0.15, -0.1) is 0 Å². The summed E-state index contributed by atoms with van der Waals surface area (Å²) in [5, 5.41) is 6.17. The van der Waals surface area contributed by atoms with E-state index in [2.05, 4.69) is 29.1 Å². The van der Waals surface area contributed by atoms with Crippen LogP contribution in [0.15, 0.2) is 41.2 Å². The molecular formula is C23H21Cl3N4O. The van der Waals surface area contributed by atoms with Gasteiger partial charge in [0.2, 0.25) is 0 Å². The standard InChI is InChI=1S/C23H21Cl3N4O/c1-4-13-5-7-14(8-6-13)9-18-27-22-19(23(31)28-18)20(12(2)3)29-30(22)21-16(25)10-15(24)11-17(21)26/h5-8,10-12H,4,9H2,1-3H3,(H,27,28,31). The topological polar surface area (TPSA) is 63.6 Å². The van der Waals surface area contributed by atoms with Crippen LogP contribution in [0.4, 0.5) is 0 Å². The lowest BCUT2D eigenvalue weighted by atomic mass is 10.1. The van der Waals surface area contributed by atoms with Gasteiger partial charge in [-0.25, -0.2) is 9.67 Å². The van der Waals surface area contributed by atoms with Crippen LogP contribution in [-0.2, 0) is 12.8 Å². The Morgan fingerprint density at radius 3 is 2.23 bits per heavy atom. The maximum Gasteiger partial charge on any atom is 0.262 e. The van der Waals surface area contributed by atoms with E-state index in [0.29, 0.717) is 49.7 Å². The third kappa shape index (κ3) is 4.22. The Kier molecular flexibility index (Phi) is 6.11. The van der Waals surface area contributed by atoms with Gasteiger partial charge in [0.1, 0.15) is 16.9 Å². The molecule has 0 radical (unpaired) electrons. The van der Waals surface area contributed by atoms with Crippen molar-refractivity contribution in [2.24, 2.45) is 0 Å². The molecule has 2 aromatic heterocycles. The van der Waals surface area contributed by atoms with Crippen LogP contribution >= 0.6 is 34.8 Å². The number of aromatic amines is 1. The normalized spacial score (nSPS) is 11.6. The van der Waals surface area contributed by atoms with Gasteiger partial charge in [-0.1, -0.05) is 79.8 Å². The Hall–Kier alpha value is -2.34. The molecule has 0 bridgehead atoms. The molecule has 2 aromatic carbocycles. The molecule has 0 aliphatic rings. The Morgan fingerprint density at radius 2 is 1.65 bits per heavy atom. The fourth-order valence-corrected chi connectivity index (χ4v) is 4.54. The Balaban J connectivity index is 1.91. The van der Waals surface area contributed by atoms with E-state index < -0.39 is 0 Å². The highest BCUT2D eigenvalue weighted by Gasteiger charge is 2.22. The van der Waals surface area contributed by atoms with Gasteiger partial charge in [-0.2, -0.15) is 5.10 Å². The molecule has 160 valence electrons. The Morgan fingerprint density at radius 1 is 1.03 bits per heavy atom. The van der Waals surface area contributed by atoms with Gasteiger partial charge in [0.05, 0.1) is 15.7 Å².